The van der Waals surface area contributed by atoms with Gasteiger partial charge in [0, 0.05) is 43.5 Å². The van der Waals surface area contributed by atoms with Crippen LogP contribution in [0.25, 0.3) is 0 Å². The minimum atomic E-state index is 0.602. The minimum absolute atomic E-state index is 0.602. The smallest absolute Gasteiger partial charge is 0.160 e. The number of aromatic nitrogens is 2. The maximum absolute atomic E-state index is 5.44. The van der Waals surface area contributed by atoms with Crippen molar-refractivity contribution in [2.75, 3.05) is 40.9 Å². The normalized spacial score (nSPS) is 17.7. The average Bonchev–Trinajstić information content (AvgIpc) is 3.11. The number of hydrogen-bond donors (Lipinski definition) is 0. The zero-order valence-corrected chi connectivity index (χ0v) is 18.6. The predicted molar refractivity (Wildman–Crippen MR) is 117 cm³/mol. The number of ether oxygens (including phenoxy) is 2. The first-order valence-corrected chi connectivity index (χ1v) is 10.7. The zero-order chi connectivity index (χ0) is 20.8. The van der Waals surface area contributed by atoms with E-state index in [4.69, 9.17) is 9.47 Å². The Morgan fingerprint density at radius 1 is 1.21 bits per heavy atom. The van der Waals surface area contributed by atoms with Crippen molar-refractivity contribution in [2.45, 2.75) is 52.2 Å². The monoisotopic (exact) mass is 400 g/mol. The molecule has 1 aliphatic heterocycles. The van der Waals surface area contributed by atoms with Crippen LogP contribution in [0, 0.1) is 6.92 Å². The van der Waals surface area contributed by atoms with Gasteiger partial charge in [0.25, 0.3) is 0 Å². The highest BCUT2D eigenvalue weighted by atomic mass is 16.5. The van der Waals surface area contributed by atoms with Crippen molar-refractivity contribution >= 4 is 0 Å². The topological polar surface area (TPSA) is 42.8 Å². The number of hydrogen-bond acceptors (Lipinski definition) is 5. The average molecular weight is 401 g/mol. The molecule has 1 atom stereocenters. The van der Waals surface area contributed by atoms with Gasteiger partial charge >= 0.3 is 0 Å². The highest BCUT2D eigenvalue weighted by molar-refractivity contribution is 5.42. The molecule has 0 amide bonds. The molecule has 6 heteroatoms. The van der Waals surface area contributed by atoms with Crippen LogP contribution in [0.2, 0.25) is 0 Å². The van der Waals surface area contributed by atoms with Gasteiger partial charge in [0.2, 0.25) is 0 Å². The van der Waals surface area contributed by atoms with Gasteiger partial charge < -0.3 is 14.4 Å². The molecule has 0 saturated carbocycles. The fourth-order valence-electron chi connectivity index (χ4n) is 4.26. The molecular formula is C23H36N4O2. The number of likely N-dealkylation sites (N-methyl/N-ethyl adjacent to an activating group) is 1. The maximum Gasteiger partial charge on any atom is 0.160 e. The largest absolute Gasteiger partial charge is 0.493 e. The highest BCUT2D eigenvalue weighted by Crippen LogP contribution is 2.28. The summed E-state index contributed by atoms with van der Waals surface area (Å²) < 4.78 is 12.9. The van der Waals surface area contributed by atoms with Crippen LogP contribution in [0.5, 0.6) is 11.5 Å². The maximum atomic E-state index is 5.44. The van der Waals surface area contributed by atoms with Crippen molar-refractivity contribution < 1.29 is 9.47 Å². The molecule has 1 aromatic heterocycles. The molecule has 160 valence electrons. The van der Waals surface area contributed by atoms with Crippen molar-refractivity contribution in [2.24, 2.45) is 0 Å². The van der Waals surface area contributed by atoms with Crippen molar-refractivity contribution in [1.82, 2.24) is 19.6 Å². The fourth-order valence-corrected chi connectivity index (χ4v) is 4.26. The molecule has 2 heterocycles. The van der Waals surface area contributed by atoms with Gasteiger partial charge in [0.1, 0.15) is 0 Å². The molecule has 1 unspecified atom stereocenters. The Morgan fingerprint density at radius 3 is 2.69 bits per heavy atom. The molecule has 29 heavy (non-hydrogen) atoms. The summed E-state index contributed by atoms with van der Waals surface area (Å²) in [6.07, 6.45) is 5.58. The second-order valence-electron chi connectivity index (χ2n) is 8.02. The van der Waals surface area contributed by atoms with Crippen molar-refractivity contribution in [3.8, 4) is 11.5 Å². The molecule has 1 saturated heterocycles. The summed E-state index contributed by atoms with van der Waals surface area (Å²) in [4.78, 5) is 5.11. The van der Waals surface area contributed by atoms with Gasteiger partial charge in [-0.05, 0) is 64.4 Å². The third kappa shape index (κ3) is 5.31. The zero-order valence-electron chi connectivity index (χ0n) is 18.6. The third-order valence-electron chi connectivity index (χ3n) is 6.20. The molecule has 0 bridgehead atoms. The summed E-state index contributed by atoms with van der Waals surface area (Å²) in [6.45, 7) is 9.62. The second-order valence-corrected chi connectivity index (χ2v) is 8.02. The van der Waals surface area contributed by atoms with E-state index < -0.39 is 0 Å². The summed E-state index contributed by atoms with van der Waals surface area (Å²) in [5.41, 5.74) is 3.95. The second kappa shape index (κ2) is 10.1. The number of methoxy groups -OCH3 is 2. The third-order valence-corrected chi connectivity index (χ3v) is 6.20. The summed E-state index contributed by atoms with van der Waals surface area (Å²) in [5, 5.41) is 4.50. The SMILES string of the molecule is CCn1ncc(CN2CCCC(N(C)CCc3ccc(OC)c(OC)c3)C2)c1C. The molecule has 1 aliphatic rings. The Kier molecular flexibility index (Phi) is 7.56. The Balaban J connectivity index is 1.54. The van der Waals surface area contributed by atoms with Gasteiger partial charge in [-0.15, -0.1) is 0 Å². The minimum Gasteiger partial charge on any atom is -0.493 e. The molecule has 1 aromatic carbocycles. The Hall–Kier alpha value is -2.05. The van der Waals surface area contributed by atoms with Crippen LogP contribution in [-0.4, -0.2) is 66.5 Å². The van der Waals surface area contributed by atoms with E-state index in [1.54, 1.807) is 14.2 Å². The Bertz CT molecular complexity index is 789. The molecule has 0 aliphatic carbocycles. The van der Waals surface area contributed by atoms with Crippen LogP contribution in [0.1, 0.15) is 36.6 Å². The van der Waals surface area contributed by atoms with Gasteiger partial charge in [0.05, 0.1) is 20.4 Å². The van der Waals surface area contributed by atoms with E-state index in [-0.39, 0.29) is 0 Å². The van der Waals surface area contributed by atoms with Crippen molar-refractivity contribution in [3.05, 3.63) is 41.2 Å². The lowest BCUT2D eigenvalue weighted by Crippen LogP contribution is -2.46. The summed E-state index contributed by atoms with van der Waals surface area (Å²) in [5.74, 6) is 1.59. The van der Waals surface area contributed by atoms with E-state index in [1.807, 2.05) is 12.3 Å². The summed E-state index contributed by atoms with van der Waals surface area (Å²) in [7, 11) is 5.63. The van der Waals surface area contributed by atoms with Crippen molar-refractivity contribution in [1.29, 1.82) is 0 Å². The van der Waals surface area contributed by atoms with E-state index in [1.165, 1.54) is 36.2 Å². The van der Waals surface area contributed by atoms with E-state index >= 15 is 0 Å². The number of likely N-dealkylation sites (tertiary alicyclic amines) is 1. The van der Waals surface area contributed by atoms with Gasteiger partial charge in [-0.2, -0.15) is 5.10 Å². The first-order valence-electron chi connectivity index (χ1n) is 10.7. The first-order chi connectivity index (χ1) is 14.0. The van der Waals surface area contributed by atoms with Gasteiger partial charge in [-0.1, -0.05) is 6.07 Å². The molecule has 2 aromatic rings. The molecule has 6 nitrogen and oxygen atoms in total. The number of nitrogens with zero attached hydrogens (tertiary/aromatic N) is 4. The van der Waals surface area contributed by atoms with Crippen LogP contribution < -0.4 is 9.47 Å². The standard InChI is InChI=1S/C23H36N4O2/c1-6-27-18(2)20(15-24-27)16-26-12-7-8-21(17-26)25(3)13-11-19-9-10-22(28-4)23(14-19)29-5/h9-10,14-15,21H,6-8,11-13,16-17H2,1-5H3. The highest BCUT2D eigenvalue weighted by Gasteiger charge is 2.24. The van der Waals surface area contributed by atoms with Gasteiger partial charge in [-0.3, -0.25) is 9.58 Å². The molecular weight excluding hydrogens is 364 g/mol. The van der Waals surface area contributed by atoms with Crippen molar-refractivity contribution in [3.63, 3.8) is 0 Å². The van der Waals surface area contributed by atoms with Gasteiger partial charge in [-0.25, -0.2) is 0 Å². The van der Waals surface area contributed by atoms with E-state index in [9.17, 15) is 0 Å². The van der Waals surface area contributed by atoms with Gasteiger partial charge in [0.15, 0.2) is 11.5 Å². The number of aryl methyl sites for hydroxylation is 1. The molecule has 0 N–H and O–H groups in total. The fraction of sp³-hybridized carbons (Fsp3) is 0.609. The van der Waals surface area contributed by atoms with Crippen LogP contribution >= 0.6 is 0 Å². The molecule has 3 rings (SSSR count). The Labute approximate surface area is 175 Å². The summed E-state index contributed by atoms with van der Waals surface area (Å²) >= 11 is 0. The summed E-state index contributed by atoms with van der Waals surface area (Å²) in [6, 6.07) is 6.82. The lowest BCUT2D eigenvalue weighted by molar-refractivity contribution is 0.112. The number of benzene rings is 1. The van der Waals surface area contributed by atoms with E-state index in [0.29, 0.717) is 6.04 Å². The molecule has 0 radical (unpaired) electrons. The van der Waals surface area contributed by atoms with Crippen LogP contribution in [-0.2, 0) is 19.5 Å². The molecule has 1 fully saturated rings. The number of rotatable bonds is 9. The van der Waals surface area contributed by atoms with Crippen LogP contribution in [0.3, 0.4) is 0 Å². The number of piperidine rings is 1. The first kappa shape index (κ1) is 21.7. The molecule has 0 spiro atoms. The van der Waals surface area contributed by atoms with Crippen LogP contribution in [0.4, 0.5) is 0 Å². The lowest BCUT2D eigenvalue weighted by atomic mass is 10.0. The quantitative estimate of drug-likeness (QED) is 0.646. The Morgan fingerprint density at radius 2 is 2.00 bits per heavy atom. The van der Waals surface area contributed by atoms with Crippen LogP contribution in [0.15, 0.2) is 24.4 Å². The lowest BCUT2D eigenvalue weighted by Gasteiger charge is -2.37. The van der Waals surface area contributed by atoms with E-state index in [0.717, 1.165) is 44.1 Å². The van der Waals surface area contributed by atoms with E-state index in [2.05, 4.69) is 52.6 Å². The predicted octanol–water partition coefficient (Wildman–Crippen LogP) is 3.37.